The largest absolute Gasteiger partial charge is 0.490 e. The second-order valence-electron chi connectivity index (χ2n) is 8.57. The molecule has 34 heavy (non-hydrogen) atoms. The van der Waals surface area contributed by atoms with Gasteiger partial charge in [-0.25, -0.2) is 0 Å². The standard InChI is InChI=1S/C28H44N2O2.2ClH/c1-5-8-18-30(19-9-6-2)20-10-17-29-22-26-15-16-27(28(21-26)31-7-3)32-23-25-13-11-24(4)12-14-25;;/h11-16,21,29H,5-10,17-20,22-23H2,1-4H3;2*1H. The molecule has 0 spiro atoms. The minimum absolute atomic E-state index is 0. The molecule has 0 radical (unpaired) electrons. The number of ether oxygens (including phenoxy) is 2. The Labute approximate surface area is 220 Å². The van der Waals surface area contributed by atoms with E-state index in [0.717, 1.165) is 30.2 Å². The maximum absolute atomic E-state index is 6.05. The maximum Gasteiger partial charge on any atom is 0.161 e. The predicted octanol–water partition coefficient (Wildman–Crippen LogP) is 7.20. The molecule has 2 aromatic rings. The van der Waals surface area contributed by atoms with E-state index in [1.54, 1.807) is 0 Å². The van der Waals surface area contributed by atoms with E-state index in [1.165, 1.54) is 62.9 Å². The van der Waals surface area contributed by atoms with E-state index in [2.05, 4.69) is 67.4 Å². The lowest BCUT2D eigenvalue weighted by Crippen LogP contribution is -2.29. The van der Waals surface area contributed by atoms with Crippen LogP contribution in [0.5, 0.6) is 11.5 Å². The second-order valence-corrected chi connectivity index (χ2v) is 8.57. The van der Waals surface area contributed by atoms with E-state index in [9.17, 15) is 0 Å². The lowest BCUT2D eigenvalue weighted by atomic mass is 10.1. The van der Waals surface area contributed by atoms with Gasteiger partial charge in [0.2, 0.25) is 0 Å². The Hall–Kier alpha value is -1.46. The van der Waals surface area contributed by atoms with Crippen LogP contribution in [-0.4, -0.2) is 37.7 Å². The lowest BCUT2D eigenvalue weighted by Gasteiger charge is -2.22. The molecule has 0 aliphatic heterocycles. The molecule has 194 valence electrons. The summed E-state index contributed by atoms with van der Waals surface area (Å²) in [7, 11) is 0. The van der Waals surface area contributed by atoms with Crippen molar-refractivity contribution in [3.63, 3.8) is 0 Å². The van der Waals surface area contributed by atoms with Crippen LogP contribution in [0.4, 0.5) is 0 Å². The molecule has 0 unspecified atom stereocenters. The number of hydrogen-bond donors (Lipinski definition) is 1. The number of benzene rings is 2. The van der Waals surface area contributed by atoms with Gasteiger partial charge in [0.1, 0.15) is 6.61 Å². The van der Waals surface area contributed by atoms with E-state index < -0.39 is 0 Å². The summed E-state index contributed by atoms with van der Waals surface area (Å²) in [6.45, 7) is 15.4. The average molecular weight is 514 g/mol. The molecule has 1 N–H and O–H groups in total. The highest BCUT2D eigenvalue weighted by Gasteiger charge is 2.08. The molecule has 0 amide bonds. The number of unbranched alkanes of at least 4 members (excludes halogenated alkanes) is 2. The molecule has 4 nitrogen and oxygen atoms in total. The molecule has 0 aliphatic carbocycles. The van der Waals surface area contributed by atoms with Gasteiger partial charge < -0.3 is 19.7 Å². The summed E-state index contributed by atoms with van der Waals surface area (Å²) in [4.78, 5) is 2.63. The maximum atomic E-state index is 6.05. The number of nitrogens with zero attached hydrogens (tertiary/aromatic N) is 1. The summed E-state index contributed by atoms with van der Waals surface area (Å²) < 4.78 is 11.9. The van der Waals surface area contributed by atoms with Gasteiger partial charge >= 0.3 is 0 Å². The van der Waals surface area contributed by atoms with E-state index in [1.807, 2.05) is 13.0 Å². The Morgan fingerprint density at radius 2 is 1.35 bits per heavy atom. The fourth-order valence-corrected chi connectivity index (χ4v) is 3.65. The van der Waals surface area contributed by atoms with E-state index in [0.29, 0.717) is 13.2 Å². The van der Waals surface area contributed by atoms with Gasteiger partial charge in [0, 0.05) is 6.54 Å². The van der Waals surface area contributed by atoms with Crippen molar-refractivity contribution in [2.75, 3.05) is 32.8 Å². The molecule has 0 saturated heterocycles. The van der Waals surface area contributed by atoms with Gasteiger partial charge in [-0.2, -0.15) is 0 Å². The number of aryl methyl sites for hydroxylation is 1. The van der Waals surface area contributed by atoms with Crippen molar-refractivity contribution in [2.45, 2.75) is 73.0 Å². The van der Waals surface area contributed by atoms with Crippen molar-refractivity contribution in [1.29, 1.82) is 0 Å². The zero-order valence-corrected chi connectivity index (χ0v) is 23.2. The van der Waals surface area contributed by atoms with Crippen LogP contribution in [0.1, 0.15) is 69.6 Å². The molecule has 6 heteroatoms. The number of halogens is 2. The monoisotopic (exact) mass is 512 g/mol. The van der Waals surface area contributed by atoms with Crippen LogP contribution >= 0.6 is 24.8 Å². The van der Waals surface area contributed by atoms with Crippen LogP contribution in [0.2, 0.25) is 0 Å². The third kappa shape index (κ3) is 12.9. The van der Waals surface area contributed by atoms with Gasteiger partial charge in [0.05, 0.1) is 6.61 Å². The smallest absolute Gasteiger partial charge is 0.161 e. The van der Waals surface area contributed by atoms with Gasteiger partial charge in [0.15, 0.2) is 11.5 Å². The molecule has 0 saturated carbocycles. The Morgan fingerprint density at radius 3 is 1.97 bits per heavy atom. The molecule has 2 aromatic carbocycles. The van der Waals surface area contributed by atoms with Crippen LogP contribution in [0, 0.1) is 6.92 Å². The highest BCUT2D eigenvalue weighted by Crippen LogP contribution is 2.29. The van der Waals surface area contributed by atoms with Crippen molar-refractivity contribution in [2.24, 2.45) is 0 Å². The summed E-state index contributed by atoms with van der Waals surface area (Å²) >= 11 is 0. The first-order valence-electron chi connectivity index (χ1n) is 12.5. The first-order valence-corrected chi connectivity index (χ1v) is 12.5. The Morgan fingerprint density at radius 1 is 0.735 bits per heavy atom. The molecule has 0 aliphatic rings. The summed E-state index contributed by atoms with van der Waals surface area (Å²) in [5.41, 5.74) is 3.65. The molecule has 2 rings (SSSR count). The van der Waals surface area contributed by atoms with Crippen molar-refractivity contribution in [3.8, 4) is 11.5 Å². The minimum atomic E-state index is 0. The Balaban J connectivity index is 0.00000544. The molecule has 0 aromatic heterocycles. The van der Waals surface area contributed by atoms with Crippen molar-refractivity contribution >= 4 is 24.8 Å². The van der Waals surface area contributed by atoms with Gasteiger partial charge in [-0.3, -0.25) is 0 Å². The first kappa shape index (κ1) is 32.5. The zero-order valence-electron chi connectivity index (χ0n) is 21.6. The SMILES string of the molecule is CCCCN(CCCC)CCCNCc1ccc(OCc2ccc(C)cc2)c(OCC)c1.Cl.Cl. The van der Waals surface area contributed by atoms with E-state index >= 15 is 0 Å². The summed E-state index contributed by atoms with van der Waals surface area (Å²) in [6.07, 6.45) is 6.33. The Bertz CT molecular complexity index is 749. The summed E-state index contributed by atoms with van der Waals surface area (Å²) in [6, 6.07) is 14.7. The van der Waals surface area contributed by atoms with Gasteiger partial charge in [-0.05, 0) is 82.5 Å². The van der Waals surface area contributed by atoms with Crippen molar-refractivity contribution < 1.29 is 9.47 Å². The second kappa shape index (κ2) is 19.8. The van der Waals surface area contributed by atoms with Crippen LogP contribution in [0.25, 0.3) is 0 Å². The summed E-state index contributed by atoms with van der Waals surface area (Å²) in [5, 5.41) is 3.60. The lowest BCUT2D eigenvalue weighted by molar-refractivity contribution is 0.261. The Kier molecular flexibility index (Phi) is 19.0. The third-order valence-corrected chi connectivity index (χ3v) is 5.64. The normalized spacial score (nSPS) is 10.5. The molecule has 0 fully saturated rings. The van der Waals surface area contributed by atoms with Crippen molar-refractivity contribution in [1.82, 2.24) is 10.2 Å². The molecule has 0 bridgehead atoms. The van der Waals surface area contributed by atoms with Crippen LogP contribution < -0.4 is 14.8 Å². The van der Waals surface area contributed by atoms with Crippen LogP contribution in [0.15, 0.2) is 42.5 Å². The highest BCUT2D eigenvalue weighted by atomic mass is 35.5. The third-order valence-electron chi connectivity index (χ3n) is 5.64. The fraction of sp³-hybridized carbons (Fsp3) is 0.571. The number of hydrogen-bond acceptors (Lipinski definition) is 4. The minimum Gasteiger partial charge on any atom is -0.490 e. The zero-order chi connectivity index (χ0) is 23.0. The van der Waals surface area contributed by atoms with Crippen molar-refractivity contribution in [3.05, 3.63) is 59.2 Å². The van der Waals surface area contributed by atoms with Gasteiger partial charge in [0.25, 0.3) is 0 Å². The topological polar surface area (TPSA) is 33.7 Å². The molecule has 0 atom stereocenters. The molecular weight excluding hydrogens is 467 g/mol. The molecule has 0 heterocycles. The van der Waals surface area contributed by atoms with Gasteiger partial charge in [-0.15, -0.1) is 24.8 Å². The predicted molar refractivity (Wildman–Crippen MR) is 150 cm³/mol. The highest BCUT2D eigenvalue weighted by molar-refractivity contribution is 5.85. The first-order chi connectivity index (χ1) is 15.7. The van der Waals surface area contributed by atoms with Crippen LogP contribution in [-0.2, 0) is 13.2 Å². The fourth-order valence-electron chi connectivity index (χ4n) is 3.65. The van der Waals surface area contributed by atoms with E-state index in [-0.39, 0.29) is 24.8 Å². The quantitative estimate of drug-likeness (QED) is 0.227. The number of rotatable bonds is 17. The van der Waals surface area contributed by atoms with Crippen LogP contribution in [0.3, 0.4) is 0 Å². The summed E-state index contributed by atoms with van der Waals surface area (Å²) in [5.74, 6) is 1.63. The number of nitrogens with one attached hydrogen (secondary N) is 1. The van der Waals surface area contributed by atoms with E-state index in [4.69, 9.17) is 9.47 Å². The van der Waals surface area contributed by atoms with Gasteiger partial charge in [-0.1, -0.05) is 62.6 Å². The molecular formula is C28H46Cl2N2O2. The average Bonchev–Trinajstić information content (AvgIpc) is 2.80.